The van der Waals surface area contributed by atoms with Gasteiger partial charge in [-0.05, 0) is 18.3 Å². The Balaban J connectivity index is 2.66. The van der Waals surface area contributed by atoms with Gasteiger partial charge in [0.05, 0.1) is 13.0 Å². The van der Waals surface area contributed by atoms with Gasteiger partial charge in [-0.2, -0.15) is 0 Å². The van der Waals surface area contributed by atoms with Crippen molar-refractivity contribution < 1.29 is 19.8 Å². The van der Waals surface area contributed by atoms with Crippen LogP contribution in [0.1, 0.15) is 44.9 Å². The molecule has 0 unspecified atom stereocenters. The normalized spacial score (nSPS) is 18.3. The number of carbonyl (C=O) groups is 2. The van der Waals surface area contributed by atoms with Crippen LogP contribution in [0, 0.1) is 5.41 Å². The van der Waals surface area contributed by atoms with Gasteiger partial charge in [-0.3, -0.25) is 9.59 Å². The molecule has 0 radical (unpaired) electrons. The van der Waals surface area contributed by atoms with Crippen LogP contribution in [-0.4, -0.2) is 47.2 Å². The summed E-state index contributed by atoms with van der Waals surface area (Å²) in [5.41, 5.74) is -0.370. The molecule has 0 aliphatic heterocycles. The summed E-state index contributed by atoms with van der Waals surface area (Å²) >= 11 is 0. The van der Waals surface area contributed by atoms with Gasteiger partial charge in [-0.1, -0.05) is 19.3 Å². The number of aliphatic hydroxyl groups excluding tert-OH is 1. The zero-order valence-corrected chi connectivity index (χ0v) is 11.0. The third-order valence-electron chi connectivity index (χ3n) is 3.83. The average Bonchev–Trinajstić information content (AvgIpc) is 2.29. The van der Waals surface area contributed by atoms with Crippen molar-refractivity contribution in [3.8, 4) is 0 Å². The molecule has 18 heavy (non-hydrogen) atoms. The number of carboxylic acids is 1. The van der Waals surface area contributed by atoms with Gasteiger partial charge in [0, 0.05) is 20.0 Å². The van der Waals surface area contributed by atoms with Crippen molar-refractivity contribution in [3.05, 3.63) is 0 Å². The Kier molecular flexibility index (Phi) is 5.59. The molecular formula is C13H23NO4. The van der Waals surface area contributed by atoms with E-state index in [1.165, 1.54) is 4.90 Å². The first-order valence-corrected chi connectivity index (χ1v) is 6.56. The van der Waals surface area contributed by atoms with Crippen LogP contribution < -0.4 is 0 Å². The molecule has 0 aromatic rings. The van der Waals surface area contributed by atoms with Crippen molar-refractivity contribution in [3.63, 3.8) is 0 Å². The minimum atomic E-state index is -0.825. The average molecular weight is 257 g/mol. The molecule has 0 aromatic heterocycles. The molecule has 1 aliphatic rings. The van der Waals surface area contributed by atoms with Crippen molar-refractivity contribution in [1.82, 2.24) is 4.90 Å². The molecule has 1 amide bonds. The maximum Gasteiger partial charge on any atom is 0.303 e. The molecule has 0 spiro atoms. The summed E-state index contributed by atoms with van der Waals surface area (Å²) in [6.45, 7) is 0.246. The van der Waals surface area contributed by atoms with Gasteiger partial charge in [0.25, 0.3) is 0 Å². The Hall–Kier alpha value is -1.10. The lowest BCUT2D eigenvalue weighted by atomic mass is 9.69. The summed E-state index contributed by atoms with van der Waals surface area (Å²) in [5, 5.41) is 17.8. The quantitative estimate of drug-likeness (QED) is 0.750. The second-order valence-corrected chi connectivity index (χ2v) is 5.35. The highest BCUT2D eigenvalue weighted by Gasteiger charge is 2.37. The van der Waals surface area contributed by atoms with Crippen LogP contribution in [0.3, 0.4) is 0 Å². The first-order valence-electron chi connectivity index (χ1n) is 6.56. The van der Waals surface area contributed by atoms with Crippen LogP contribution in [0.25, 0.3) is 0 Å². The van der Waals surface area contributed by atoms with Gasteiger partial charge in [0.1, 0.15) is 0 Å². The Bertz CT molecular complexity index is 297. The number of hydrogen-bond donors (Lipinski definition) is 2. The fourth-order valence-electron chi connectivity index (χ4n) is 2.77. The van der Waals surface area contributed by atoms with E-state index in [1.807, 2.05) is 0 Å². The van der Waals surface area contributed by atoms with Gasteiger partial charge < -0.3 is 15.1 Å². The van der Waals surface area contributed by atoms with Crippen LogP contribution in [0.4, 0.5) is 0 Å². The van der Waals surface area contributed by atoms with Crippen LogP contribution >= 0.6 is 0 Å². The zero-order valence-electron chi connectivity index (χ0n) is 11.0. The fourth-order valence-corrected chi connectivity index (χ4v) is 2.77. The SMILES string of the molecule is CN(CCO)C(=O)CC1(CC(=O)O)CCCCC1. The first kappa shape index (κ1) is 15.0. The maximum atomic E-state index is 12.0. The molecular weight excluding hydrogens is 234 g/mol. The molecule has 1 fully saturated rings. The lowest BCUT2D eigenvalue weighted by Gasteiger charge is -2.36. The summed E-state index contributed by atoms with van der Waals surface area (Å²) < 4.78 is 0. The molecule has 0 aromatic carbocycles. The number of nitrogens with zero attached hydrogens (tertiary/aromatic N) is 1. The number of amides is 1. The lowest BCUT2D eigenvalue weighted by molar-refractivity contribution is -0.142. The number of carboxylic acid groups (broad SMARTS) is 1. The Morgan fingerprint density at radius 1 is 1.17 bits per heavy atom. The van der Waals surface area contributed by atoms with Crippen molar-refractivity contribution in [2.24, 2.45) is 5.41 Å². The molecule has 104 valence electrons. The van der Waals surface area contributed by atoms with Gasteiger partial charge in [-0.15, -0.1) is 0 Å². The number of hydrogen-bond acceptors (Lipinski definition) is 3. The van der Waals surface area contributed by atoms with Gasteiger partial charge in [-0.25, -0.2) is 0 Å². The number of rotatable bonds is 6. The Labute approximate surface area is 108 Å². The minimum Gasteiger partial charge on any atom is -0.481 e. The van der Waals surface area contributed by atoms with E-state index in [2.05, 4.69) is 0 Å². The first-order chi connectivity index (χ1) is 8.49. The van der Waals surface area contributed by atoms with Crippen LogP contribution in [0.2, 0.25) is 0 Å². The van der Waals surface area contributed by atoms with Crippen LogP contribution in [-0.2, 0) is 9.59 Å². The third kappa shape index (κ3) is 4.29. The molecule has 5 heteroatoms. The predicted molar refractivity (Wildman–Crippen MR) is 67.1 cm³/mol. The number of carbonyl (C=O) groups excluding carboxylic acids is 1. The van der Waals surface area contributed by atoms with E-state index in [0.29, 0.717) is 6.54 Å². The zero-order chi connectivity index (χ0) is 13.6. The minimum absolute atomic E-state index is 0.0613. The van der Waals surface area contributed by atoms with E-state index in [9.17, 15) is 9.59 Å². The molecule has 5 nitrogen and oxygen atoms in total. The molecule has 0 atom stereocenters. The topological polar surface area (TPSA) is 77.8 Å². The van der Waals surface area contributed by atoms with E-state index in [0.717, 1.165) is 32.1 Å². The molecule has 2 N–H and O–H groups in total. The number of aliphatic carboxylic acids is 1. The second kappa shape index (κ2) is 6.73. The standard InChI is InChI=1S/C13H23NO4/c1-14(7-8-15)11(16)9-13(10-12(17)18)5-3-2-4-6-13/h15H,2-10H2,1H3,(H,17,18). The van der Waals surface area contributed by atoms with E-state index in [1.54, 1.807) is 7.05 Å². The monoisotopic (exact) mass is 257 g/mol. The summed E-state index contributed by atoms with van der Waals surface area (Å²) in [4.78, 5) is 24.5. The highest BCUT2D eigenvalue weighted by atomic mass is 16.4. The Morgan fingerprint density at radius 3 is 2.28 bits per heavy atom. The molecule has 1 aliphatic carbocycles. The van der Waals surface area contributed by atoms with Gasteiger partial charge in [0.2, 0.25) is 5.91 Å². The molecule has 0 saturated heterocycles. The van der Waals surface area contributed by atoms with Crippen molar-refractivity contribution in [2.75, 3.05) is 20.2 Å². The summed E-state index contributed by atoms with van der Waals surface area (Å²) in [6.07, 6.45) is 5.13. The molecule has 1 saturated carbocycles. The number of likely N-dealkylation sites (N-methyl/N-ethyl adjacent to an activating group) is 1. The van der Waals surface area contributed by atoms with Crippen LogP contribution in [0.5, 0.6) is 0 Å². The fraction of sp³-hybridized carbons (Fsp3) is 0.846. The van der Waals surface area contributed by atoms with Crippen molar-refractivity contribution in [2.45, 2.75) is 44.9 Å². The molecule has 0 heterocycles. The van der Waals surface area contributed by atoms with Crippen LogP contribution in [0.15, 0.2) is 0 Å². The highest BCUT2D eigenvalue weighted by Crippen LogP contribution is 2.42. The summed E-state index contributed by atoms with van der Waals surface area (Å²) in [7, 11) is 1.65. The second-order valence-electron chi connectivity index (χ2n) is 5.35. The smallest absolute Gasteiger partial charge is 0.303 e. The third-order valence-corrected chi connectivity index (χ3v) is 3.83. The summed E-state index contributed by atoms with van der Waals surface area (Å²) in [5.74, 6) is -0.887. The lowest BCUT2D eigenvalue weighted by Crippen LogP contribution is -2.37. The van der Waals surface area contributed by atoms with E-state index < -0.39 is 5.97 Å². The predicted octanol–water partition coefficient (Wildman–Crippen LogP) is 1.25. The Morgan fingerprint density at radius 2 is 1.78 bits per heavy atom. The van der Waals surface area contributed by atoms with E-state index in [-0.39, 0.29) is 30.8 Å². The van der Waals surface area contributed by atoms with Crippen molar-refractivity contribution >= 4 is 11.9 Å². The largest absolute Gasteiger partial charge is 0.481 e. The molecule has 1 rings (SSSR count). The van der Waals surface area contributed by atoms with E-state index >= 15 is 0 Å². The van der Waals surface area contributed by atoms with Gasteiger partial charge in [0.15, 0.2) is 0 Å². The maximum absolute atomic E-state index is 12.0. The van der Waals surface area contributed by atoms with E-state index in [4.69, 9.17) is 10.2 Å². The number of aliphatic hydroxyl groups is 1. The van der Waals surface area contributed by atoms with Crippen molar-refractivity contribution in [1.29, 1.82) is 0 Å². The molecule has 0 bridgehead atoms. The summed E-state index contributed by atoms with van der Waals surface area (Å²) in [6, 6.07) is 0. The highest BCUT2D eigenvalue weighted by molar-refractivity contribution is 5.78. The van der Waals surface area contributed by atoms with Gasteiger partial charge >= 0.3 is 5.97 Å².